The van der Waals surface area contributed by atoms with Crippen LogP contribution < -0.4 is 15.0 Å². The molecular weight excluding hydrogens is 518 g/mol. The number of fused-ring (bicyclic) bond motifs is 1. The zero-order valence-corrected chi connectivity index (χ0v) is 21.8. The third kappa shape index (κ3) is 4.89. The minimum atomic E-state index is -1.66. The third-order valence-electron chi connectivity index (χ3n) is 6.85. The van der Waals surface area contributed by atoms with Crippen molar-refractivity contribution in [3.05, 3.63) is 119 Å². The summed E-state index contributed by atoms with van der Waals surface area (Å²) in [7, 11) is 0. The van der Waals surface area contributed by atoms with Gasteiger partial charge in [-0.25, -0.2) is 23.5 Å². The number of halogens is 2. The number of nitrogens with zero attached hydrogens (tertiary/aromatic N) is 3. The molecule has 0 aliphatic carbocycles. The Bertz CT molecular complexity index is 1540. The van der Waals surface area contributed by atoms with Crippen molar-refractivity contribution in [2.24, 2.45) is 0 Å². The predicted octanol–water partition coefficient (Wildman–Crippen LogP) is 4.28. The Morgan fingerprint density at radius 3 is 2.27 bits per heavy atom. The van der Waals surface area contributed by atoms with Crippen LogP contribution in [0.2, 0.25) is 0 Å². The van der Waals surface area contributed by atoms with Gasteiger partial charge in [-0.3, -0.25) is 10.1 Å². The maximum Gasteiger partial charge on any atom is 0.347 e. The van der Waals surface area contributed by atoms with E-state index < -0.39 is 41.7 Å². The summed E-state index contributed by atoms with van der Waals surface area (Å²) in [5.41, 5.74) is 0.383. The highest BCUT2D eigenvalue weighted by molar-refractivity contribution is 5.97. The summed E-state index contributed by atoms with van der Waals surface area (Å²) in [5.74, 6) is -3.44. The minimum absolute atomic E-state index is 0.139. The molecular formula is C30H26F2N4O4. The fourth-order valence-electron chi connectivity index (χ4n) is 5.12. The molecule has 5 rings (SSSR count). The summed E-state index contributed by atoms with van der Waals surface area (Å²) in [4.78, 5) is 36.4. The molecule has 4 aromatic rings. The van der Waals surface area contributed by atoms with Gasteiger partial charge in [-0.15, -0.1) is 0 Å². The summed E-state index contributed by atoms with van der Waals surface area (Å²) < 4.78 is 35.4. The Labute approximate surface area is 229 Å². The first kappa shape index (κ1) is 26.9. The highest BCUT2D eigenvalue weighted by Gasteiger charge is 2.52. The highest BCUT2D eigenvalue weighted by atomic mass is 19.1. The van der Waals surface area contributed by atoms with Gasteiger partial charge in [0.05, 0.1) is 13.1 Å². The molecule has 0 fully saturated rings. The number of carbonyl (C=O) groups excluding carboxylic acids is 1. The maximum atomic E-state index is 14.7. The largest absolute Gasteiger partial charge is 0.478 e. The van der Waals surface area contributed by atoms with Crippen molar-refractivity contribution in [2.45, 2.75) is 32.0 Å². The minimum Gasteiger partial charge on any atom is -0.478 e. The first-order valence-electron chi connectivity index (χ1n) is 12.6. The van der Waals surface area contributed by atoms with E-state index in [1.807, 2.05) is 0 Å². The van der Waals surface area contributed by atoms with Crippen LogP contribution in [0.25, 0.3) is 0 Å². The number of para-hydroxylation sites is 1. The lowest BCUT2D eigenvalue weighted by molar-refractivity contribution is -0.149. The lowest BCUT2D eigenvalue weighted by atomic mass is 9.77. The molecule has 8 nitrogen and oxygen atoms in total. The molecule has 0 spiro atoms. The van der Waals surface area contributed by atoms with E-state index in [0.717, 1.165) is 12.1 Å². The van der Waals surface area contributed by atoms with Crippen molar-refractivity contribution in [3.63, 3.8) is 0 Å². The number of aliphatic carboxylic acids is 1. The maximum absolute atomic E-state index is 14.7. The van der Waals surface area contributed by atoms with Crippen LogP contribution >= 0.6 is 0 Å². The summed E-state index contributed by atoms with van der Waals surface area (Å²) in [6, 6.07) is 20.4. The van der Waals surface area contributed by atoms with Gasteiger partial charge < -0.3 is 14.7 Å². The number of benzene rings is 3. The van der Waals surface area contributed by atoms with Crippen LogP contribution in [0.3, 0.4) is 0 Å². The standard InChI is InChI=1S/C30H26F2N4O4/c1-18-15-19(2)35-29(34-18)40-27(28(38)39)30(20-9-4-3-5-10-20)22-11-6-7-14-25(22)36(26(37)16-33-30)17-21-23(31)12-8-13-24(21)32/h3-15,27,33H,16-17H2,1-2H3,(H,38,39). The van der Waals surface area contributed by atoms with Crippen LogP contribution in [0, 0.1) is 25.5 Å². The number of ether oxygens (including phenoxy) is 1. The van der Waals surface area contributed by atoms with Crippen LogP contribution in [0.5, 0.6) is 6.01 Å². The average Bonchev–Trinajstić information content (AvgIpc) is 3.04. The molecule has 1 amide bonds. The van der Waals surface area contributed by atoms with Crippen LogP contribution in [-0.4, -0.2) is 39.6 Å². The van der Waals surface area contributed by atoms with Gasteiger partial charge >= 0.3 is 12.0 Å². The van der Waals surface area contributed by atoms with Gasteiger partial charge in [0.25, 0.3) is 0 Å². The molecule has 40 heavy (non-hydrogen) atoms. The van der Waals surface area contributed by atoms with E-state index in [4.69, 9.17) is 4.74 Å². The lowest BCUT2D eigenvalue weighted by Gasteiger charge is -2.39. The Morgan fingerprint density at radius 2 is 1.62 bits per heavy atom. The molecule has 0 saturated carbocycles. The van der Waals surface area contributed by atoms with Gasteiger partial charge in [-0.05, 0) is 43.7 Å². The topological polar surface area (TPSA) is 105 Å². The predicted molar refractivity (Wildman–Crippen MR) is 143 cm³/mol. The third-order valence-corrected chi connectivity index (χ3v) is 6.85. The number of rotatable bonds is 7. The first-order valence-corrected chi connectivity index (χ1v) is 12.6. The van der Waals surface area contributed by atoms with Gasteiger partial charge in [0.1, 0.15) is 17.2 Å². The van der Waals surface area contributed by atoms with Crippen LogP contribution in [0.1, 0.15) is 28.1 Å². The number of carboxylic acids is 1. The van der Waals surface area contributed by atoms with Gasteiger partial charge in [-0.2, -0.15) is 0 Å². The van der Waals surface area contributed by atoms with Crippen LogP contribution in [-0.2, 0) is 21.7 Å². The molecule has 0 saturated heterocycles. The second-order valence-corrected chi connectivity index (χ2v) is 9.49. The summed E-state index contributed by atoms with van der Waals surface area (Å²) in [6.45, 7) is 2.71. The van der Waals surface area contributed by atoms with E-state index in [1.165, 1.54) is 11.0 Å². The Morgan fingerprint density at radius 1 is 1.00 bits per heavy atom. The quantitative estimate of drug-likeness (QED) is 0.358. The highest BCUT2D eigenvalue weighted by Crippen LogP contribution is 2.42. The molecule has 10 heteroatoms. The smallest absolute Gasteiger partial charge is 0.347 e. The Kier molecular flexibility index (Phi) is 7.27. The zero-order valence-electron chi connectivity index (χ0n) is 21.8. The molecule has 204 valence electrons. The lowest BCUT2D eigenvalue weighted by Crippen LogP contribution is -2.58. The molecule has 3 aromatic carbocycles. The Balaban J connectivity index is 1.73. The molecule has 2 N–H and O–H groups in total. The van der Waals surface area contributed by atoms with Crippen molar-refractivity contribution in [3.8, 4) is 6.01 Å². The Hall–Kier alpha value is -4.70. The molecule has 0 radical (unpaired) electrons. The number of anilines is 1. The van der Waals surface area contributed by atoms with Crippen LogP contribution in [0.4, 0.5) is 14.5 Å². The van der Waals surface area contributed by atoms with E-state index in [1.54, 1.807) is 74.5 Å². The SMILES string of the molecule is Cc1cc(C)nc(OC(C(=O)O)C2(c3ccccc3)NCC(=O)N(Cc3c(F)cccc3F)c3ccccc32)n1. The summed E-state index contributed by atoms with van der Waals surface area (Å²) in [6.07, 6.45) is -1.66. The van der Waals surface area contributed by atoms with E-state index >= 15 is 0 Å². The van der Waals surface area contributed by atoms with Crippen molar-refractivity contribution in [1.82, 2.24) is 15.3 Å². The fourth-order valence-corrected chi connectivity index (χ4v) is 5.12. The second-order valence-electron chi connectivity index (χ2n) is 9.49. The van der Waals surface area contributed by atoms with Crippen LogP contribution in [0.15, 0.2) is 78.9 Å². The first-order chi connectivity index (χ1) is 19.2. The normalized spacial score (nSPS) is 17.6. The number of aryl methyl sites for hydroxylation is 2. The van der Waals surface area contributed by atoms with Gasteiger partial charge in [0.15, 0.2) is 0 Å². The number of hydrogen-bond donors (Lipinski definition) is 2. The average molecular weight is 545 g/mol. The second kappa shape index (κ2) is 10.8. The molecule has 1 aliphatic rings. The van der Waals surface area contributed by atoms with Crippen molar-refractivity contribution < 1.29 is 28.2 Å². The number of carboxylic acid groups (broad SMARTS) is 1. The summed E-state index contributed by atoms with van der Waals surface area (Å²) in [5, 5.41) is 13.7. The number of hydrogen-bond acceptors (Lipinski definition) is 6. The molecule has 1 aliphatic heterocycles. The van der Waals surface area contributed by atoms with E-state index in [-0.39, 0.29) is 23.8 Å². The fraction of sp³-hybridized carbons (Fsp3) is 0.200. The van der Waals surface area contributed by atoms with E-state index in [9.17, 15) is 23.5 Å². The van der Waals surface area contributed by atoms with Crippen molar-refractivity contribution >= 4 is 17.6 Å². The van der Waals surface area contributed by atoms with Gasteiger partial charge in [0.2, 0.25) is 12.0 Å². The number of carbonyl (C=O) groups is 2. The number of amides is 1. The van der Waals surface area contributed by atoms with Crippen molar-refractivity contribution in [2.75, 3.05) is 11.4 Å². The zero-order chi connectivity index (χ0) is 28.4. The number of aromatic nitrogens is 2. The monoisotopic (exact) mass is 544 g/mol. The van der Waals surface area contributed by atoms with Crippen molar-refractivity contribution in [1.29, 1.82) is 0 Å². The van der Waals surface area contributed by atoms with E-state index in [2.05, 4.69) is 15.3 Å². The summed E-state index contributed by atoms with van der Waals surface area (Å²) >= 11 is 0. The molecule has 0 bridgehead atoms. The molecule has 1 aromatic heterocycles. The van der Waals surface area contributed by atoms with E-state index in [0.29, 0.717) is 22.5 Å². The molecule has 2 unspecified atom stereocenters. The molecule has 2 atom stereocenters. The van der Waals surface area contributed by atoms with Gasteiger partial charge in [0, 0.05) is 28.2 Å². The number of nitrogens with one attached hydrogen (secondary N) is 1. The van der Waals surface area contributed by atoms with Gasteiger partial charge in [-0.1, -0.05) is 54.6 Å². The molecule has 2 heterocycles.